The standard InChI is InChI=1S/C17H21F3N2O4/c1-16(2,3)26-15(25)22-9-12(23)13(10-7-5-6-8-11(10)22)21(4)14(24)17(18,19)20/h5-8,12-13,23H,9H2,1-4H3/t12-,13-/m1/s1. The average Bonchev–Trinajstić information content (AvgIpc) is 2.50. The van der Waals surface area contributed by atoms with Gasteiger partial charge in [0.15, 0.2) is 0 Å². The number of fused-ring (bicyclic) bond motifs is 1. The first-order valence-electron chi connectivity index (χ1n) is 7.94. The summed E-state index contributed by atoms with van der Waals surface area (Å²) in [7, 11) is 0.976. The second kappa shape index (κ2) is 6.79. The number of hydrogen-bond acceptors (Lipinski definition) is 4. The van der Waals surface area contributed by atoms with Crippen molar-refractivity contribution < 1.29 is 32.6 Å². The molecule has 0 radical (unpaired) electrons. The lowest BCUT2D eigenvalue weighted by atomic mass is 9.93. The largest absolute Gasteiger partial charge is 0.471 e. The van der Waals surface area contributed by atoms with E-state index in [0.717, 1.165) is 11.9 Å². The van der Waals surface area contributed by atoms with E-state index in [1.54, 1.807) is 32.9 Å². The molecule has 0 saturated heterocycles. The highest BCUT2D eigenvalue weighted by atomic mass is 19.4. The number of aliphatic hydroxyl groups is 1. The predicted molar refractivity (Wildman–Crippen MR) is 87.6 cm³/mol. The van der Waals surface area contributed by atoms with Crippen molar-refractivity contribution in [1.29, 1.82) is 0 Å². The maximum absolute atomic E-state index is 12.8. The number of rotatable bonds is 1. The molecule has 1 aliphatic heterocycles. The van der Waals surface area contributed by atoms with Crippen molar-refractivity contribution in [2.45, 2.75) is 44.7 Å². The van der Waals surface area contributed by atoms with Gasteiger partial charge >= 0.3 is 18.2 Å². The number of β-amino-alcohol motifs (C(OH)–C–C–N with tert-alkyl or cyclic N) is 1. The lowest BCUT2D eigenvalue weighted by molar-refractivity contribution is -0.188. The molecule has 1 heterocycles. The van der Waals surface area contributed by atoms with Crippen molar-refractivity contribution in [2.24, 2.45) is 0 Å². The quantitative estimate of drug-likeness (QED) is 0.821. The number of nitrogens with zero attached hydrogens (tertiary/aromatic N) is 2. The second-order valence-corrected chi connectivity index (χ2v) is 7.08. The molecule has 2 atom stereocenters. The number of benzene rings is 1. The third kappa shape index (κ3) is 4.09. The number of hydrogen-bond donors (Lipinski definition) is 1. The van der Waals surface area contributed by atoms with Gasteiger partial charge < -0.3 is 14.7 Å². The van der Waals surface area contributed by atoms with E-state index in [4.69, 9.17) is 4.74 Å². The van der Waals surface area contributed by atoms with Gasteiger partial charge in [0.1, 0.15) is 5.60 Å². The number of halogens is 3. The Labute approximate surface area is 149 Å². The van der Waals surface area contributed by atoms with E-state index in [1.165, 1.54) is 12.1 Å². The molecule has 1 N–H and O–H groups in total. The number of carbonyl (C=O) groups excluding carboxylic acids is 2. The van der Waals surface area contributed by atoms with E-state index >= 15 is 0 Å². The van der Waals surface area contributed by atoms with Gasteiger partial charge in [0.05, 0.1) is 24.4 Å². The van der Waals surface area contributed by atoms with E-state index in [1.807, 2.05) is 0 Å². The molecular formula is C17H21F3N2O4. The Morgan fingerprint density at radius 3 is 2.35 bits per heavy atom. The molecule has 0 aliphatic carbocycles. The Bertz CT molecular complexity index is 700. The van der Waals surface area contributed by atoms with E-state index in [9.17, 15) is 27.9 Å². The first-order valence-corrected chi connectivity index (χ1v) is 7.94. The molecule has 0 bridgehead atoms. The summed E-state index contributed by atoms with van der Waals surface area (Å²) < 4.78 is 43.7. The van der Waals surface area contributed by atoms with Gasteiger partial charge in [-0.25, -0.2) is 4.79 Å². The number of carbonyl (C=O) groups is 2. The first-order chi connectivity index (χ1) is 11.8. The van der Waals surface area contributed by atoms with Crippen LogP contribution in [0.2, 0.25) is 0 Å². The molecule has 0 spiro atoms. The van der Waals surface area contributed by atoms with Crippen molar-refractivity contribution in [3.8, 4) is 0 Å². The lowest BCUT2D eigenvalue weighted by Crippen LogP contribution is -2.52. The number of amides is 2. The number of alkyl halides is 3. The Morgan fingerprint density at radius 1 is 1.23 bits per heavy atom. The summed E-state index contributed by atoms with van der Waals surface area (Å²) in [4.78, 5) is 25.6. The summed E-state index contributed by atoms with van der Waals surface area (Å²) in [6.45, 7) is 4.73. The molecule has 0 unspecified atom stereocenters. The summed E-state index contributed by atoms with van der Waals surface area (Å²) >= 11 is 0. The van der Waals surface area contributed by atoms with Crippen LogP contribution < -0.4 is 4.90 Å². The minimum atomic E-state index is -5.06. The maximum Gasteiger partial charge on any atom is 0.471 e. The fourth-order valence-corrected chi connectivity index (χ4v) is 2.86. The molecule has 0 saturated carbocycles. The second-order valence-electron chi connectivity index (χ2n) is 7.08. The van der Waals surface area contributed by atoms with Crippen molar-refractivity contribution in [3.05, 3.63) is 29.8 Å². The first kappa shape index (κ1) is 20.0. The Hall–Kier alpha value is -2.29. The number of para-hydroxylation sites is 1. The van der Waals surface area contributed by atoms with Gasteiger partial charge in [0.25, 0.3) is 0 Å². The van der Waals surface area contributed by atoms with Gasteiger partial charge in [-0.1, -0.05) is 18.2 Å². The zero-order chi connectivity index (χ0) is 19.9. The van der Waals surface area contributed by atoms with Gasteiger partial charge in [-0.15, -0.1) is 0 Å². The monoisotopic (exact) mass is 374 g/mol. The van der Waals surface area contributed by atoms with Crippen LogP contribution in [-0.4, -0.2) is 53.5 Å². The van der Waals surface area contributed by atoms with E-state index in [2.05, 4.69) is 0 Å². The normalized spacial score (nSPS) is 20.4. The van der Waals surface area contributed by atoms with Crippen molar-refractivity contribution >= 4 is 17.7 Å². The van der Waals surface area contributed by atoms with Gasteiger partial charge in [-0.05, 0) is 26.8 Å². The third-order valence-corrected chi connectivity index (χ3v) is 3.87. The number of anilines is 1. The van der Waals surface area contributed by atoms with Crippen LogP contribution in [0.5, 0.6) is 0 Å². The Balaban J connectivity index is 2.41. The summed E-state index contributed by atoms with van der Waals surface area (Å²) in [6.07, 6.45) is -7.20. The highest BCUT2D eigenvalue weighted by Crippen LogP contribution is 2.39. The molecule has 1 aromatic rings. The highest BCUT2D eigenvalue weighted by Gasteiger charge is 2.47. The van der Waals surface area contributed by atoms with Crippen molar-refractivity contribution in [2.75, 3.05) is 18.5 Å². The molecule has 1 aliphatic rings. The van der Waals surface area contributed by atoms with Crippen LogP contribution in [0.15, 0.2) is 24.3 Å². The SMILES string of the molecule is CN(C(=O)C(F)(F)F)[C@@H]1c2ccccc2N(C(=O)OC(C)(C)C)C[C@H]1O. The molecule has 1 aromatic carbocycles. The summed E-state index contributed by atoms with van der Waals surface area (Å²) in [5.41, 5.74) is -0.257. The Morgan fingerprint density at radius 2 is 1.81 bits per heavy atom. The van der Waals surface area contributed by atoms with Crippen molar-refractivity contribution in [3.63, 3.8) is 0 Å². The molecule has 2 amide bonds. The number of likely N-dealkylation sites (N-methyl/N-ethyl adjacent to an activating group) is 1. The lowest BCUT2D eigenvalue weighted by Gasteiger charge is -2.41. The smallest absolute Gasteiger partial charge is 0.443 e. The minimum absolute atomic E-state index is 0.234. The van der Waals surface area contributed by atoms with Crippen LogP contribution >= 0.6 is 0 Å². The minimum Gasteiger partial charge on any atom is -0.443 e. The van der Waals surface area contributed by atoms with Gasteiger partial charge in [0, 0.05) is 12.6 Å². The molecule has 0 aromatic heterocycles. The number of ether oxygens (including phenoxy) is 1. The molecule has 6 nitrogen and oxygen atoms in total. The molecule has 2 rings (SSSR count). The molecule has 144 valence electrons. The molecule has 26 heavy (non-hydrogen) atoms. The summed E-state index contributed by atoms with van der Waals surface area (Å²) in [5, 5.41) is 10.4. The van der Waals surface area contributed by atoms with Gasteiger partial charge in [0.2, 0.25) is 0 Å². The summed E-state index contributed by atoms with van der Waals surface area (Å²) in [5.74, 6) is -2.07. The van der Waals surface area contributed by atoms with Crippen LogP contribution in [0.1, 0.15) is 32.4 Å². The van der Waals surface area contributed by atoms with E-state index in [-0.39, 0.29) is 12.1 Å². The Kier molecular flexibility index (Phi) is 5.23. The number of aliphatic hydroxyl groups excluding tert-OH is 1. The third-order valence-electron chi connectivity index (χ3n) is 3.87. The van der Waals surface area contributed by atoms with Crippen LogP contribution in [-0.2, 0) is 9.53 Å². The fourth-order valence-electron chi connectivity index (χ4n) is 2.86. The highest BCUT2D eigenvalue weighted by molar-refractivity contribution is 5.90. The van der Waals surface area contributed by atoms with E-state index in [0.29, 0.717) is 10.6 Å². The molecule has 9 heteroatoms. The molecular weight excluding hydrogens is 353 g/mol. The van der Waals surface area contributed by atoms with Crippen molar-refractivity contribution in [1.82, 2.24) is 4.90 Å². The van der Waals surface area contributed by atoms with Crippen LogP contribution in [0, 0.1) is 0 Å². The zero-order valence-corrected chi connectivity index (χ0v) is 14.9. The van der Waals surface area contributed by atoms with E-state index < -0.39 is 35.9 Å². The fraction of sp³-hybridized carbons (Fsp3) is 0.529. The van der Waals surface area contributed by atoms with Crippen LogP contribution in [0.25, 0.3) is 0 Å². The average molecular weight is 374 g/mol. The maximum atomic E-state index is 12.8. The zero-order valence-electron chi connectivity index (χ0n) is 14.9. The molecule has 0 fully saturated rings. The topological polar surface area (TPSA) is 70.1 Å². The van der Waals surface area contributed by atoms with Crippen LogP contribution in [0.3, 0.4) is 0 Å². The van der Waals surface area contributed by atoms with Gasteiger partial charge in [-0.3, -0.25) is 9.69 Å². The summed E-state index contributed by atoms with van der Waals surface area (Å²) in [6, 6.07) is 4.93. The predicted octanol–water partition coefficient (Wildman–Crippen LogP) is 2.86. The van der Waals surface area contributed by atoms with Crippen LogP contribution in [0.4, 0.5) is 23.7 Å². The van der Waals surface area contributed by atoms with Gasteiger partial charge in [-0.2, -0.15) is 13.2 Å².